The van der Waals surface area contributed by atoms with Crippen LogP contribution in [0.3, 0.4) is 0 Å². The minimum absolute atomic E-state index is 0.0145. The Balaban J connectivity index is 3.17. The van der Waals surface area contributed by atoms with Gasteiger partial charge in [0.2, 0.25) is 0 Å². The Morgan fingerprint density at radius 1 is 1.16 bits per heavy atom. The minimum atomic E-state index is -4.56. The van der Waals surface area contributed by atoms with Crippen LogP contribution in [0, 0.1) is 22.7 Å². The first-order valence-electron chi connectivity index (χ1n) is 4.62. The van der Waals surface area contributed by atoms with E-state index in [0.29, 0.717) is 12.1 Å². The molecule has 0 bridgehead atoms. The number of hydrogen-bond donors (Lipinski definition) is 1. The molecule has 0 unspecified atom stereocenters. The maximum Gasteiger partial charge on any atom is 0.416 e. The van der Waals surface area contributed by atoms with E-state index in [1.807, 2.05) is 0 Å². The van der Waals surface area contributed by atoms with Crippen molar-refractivity contribution in [3.63, 3.8) is 0 Å². The number of alkyl halides is 3. The van der Waals surface area contributed by atoms with Crippen molar-refractivity contribution in [3.05, 3.63) is 39.5 Å². The molecule has 0 aliphatic rings. The normalized spacial score (nSPS) is 10.3. The molecule has 8 heteroatoms. The Kier molecular flexibility index (Phi) is 4.66. The van der Waals surface area contributed by atoms with E-state index in [-0.39, 0.29) is 21.3 Å². The van der Waals surface area contributed by atoms with Crippen LogP contribution in [0.25, 0.3) is 0 Å². The van der Waals surface area contributed by atoms with Crippen molar-refractivity contribution in [2.75, 3.05) is 5.32 Å². The van der Waals surface area contributed by atoms with Crippen LogP contribution >= 0.6 is 23.2 Å². The molecule has 0 saturated heterocycles. The topological polar surface area (TPSA) is 59.6 Å². The molecule has 0 heterocycles. The molecule has 0 atom stereocenters. The zero-order valence-electron chi connectivity index (χ0n) is 9.02. The summed E-state index contributed by atoms with van der Waals surface area (Å²) in [4.78, 5) is 0. The second-order valence-electron chi connectivity index (χ2n) is 3.24. The summed E-state index contributed by atoms with van der Waals surface area (Å²) in [6.07, 6.45) is -3.56. The lowest BCUT2D eigenvalue weighted by molar-refractivity contribution is -0.137. The molecule has 0 aliphatic carbocycles. The van der Waals surface area contributed by atoms with Gasteiger partial charge in [0.15, 0.2) is 0 Å². The first-order chi connectivity index (χ1) is 8.79. The Morgan fingerprint density at radius 3 is 2.00 bits per heavy atom. The van der Waals surface area contributed by atoms with E-state index in [9.17, 15) is 13.2 Å². The minimum Gasteiger partial charge on any atom is -0.357 e. The Hall–Kier alpha value is -1.89. The molecule has 3 nitrogen and oxygen atoms in total. The number of rotatable bonds is 2. The monoisotopic (exact) mass is 305 g/mol. The highest BCUT2D eigenvalue weighted by molar-refractivity contribution is 6.39. The highest BCUT2D eigenvalue weighted by atomic mass is 35.5. The smallest absolute Gasteiger partial charge is 0.357 e. The number of nitriles is 2. The van der Waals surface area contributed by atoms with Crippen LogP contribution in [0.15, 0.2) is 23.9 Å². The zero-order valence-corrected chi connectivity index (χ0v) is 10.5. The molecular weight excluding hydrogens is 302 g/mol. The van der Waals surface area contributed by atoms with E-state index >= 15 is 0 Å². The van der Waals surface area contributed by atoms with E-state index < -0.39 is 11.7 Å². The van der Waals surface area contributed by atoms with Crippen LogP contribution in [0.4, 0.5) is 18.9 Å². The van der Waals surface area contributed by atoms with Gasteiger partial charge in [-0.25, -0.2) is 0 Å². The average molecular weight is 306 g/mol. The number of anilines is 1. The van der Waals surface area contributed by atoms with Gasteiger partial charge in [-0.05, 0) is 12.1 Å². The molecule has 1 N–H and O–H groups in total. The fourth-order valence-corrected chi connectivity index (χ4v) is 1.70. The zero-order chi connectivity index (χ0) is 14.6. The van der Waals surface area contributed by atoms with Gasteiger partial charge in [-0.2, -0.15) is 23.7 Å². The Morgan fingerprint density at radius 2 is 1.63 bits per heavy atom. The van der Waals surface area contributed by atoms with Crippen LogP contribution in [0.1, 0.15) is 5.56 Å². The maximum absolute atomic E-state index is 12.5. The number of benzene rings is 1. The Bertz CT molecular complexity index is 570. The first-order valence-corrected chi connectivity index (χ1v) is 5.38. The van der Waals surface area contributed by atoms with E-state index in [0.717, 1.165) is 6.20 Å². The second-order valence-corrected chi connectivity index (χ2v) is 4.05. The van der Waals surface area contributed by atoms with Crippen LogP contribution in [-0.4, -0.2) is 0 Å². The predicted octanol–water partition coefficient (Wildman–Crippen LogP) is 4.36. The average Bonchev–Trinajstić information content (AvgIpc) is 2.31. The van der Waals surface area contributed by atoms with E-state index in [4.69, 9.17) is 33.7 Å². The van der Waals surface area contributed by atoms with Gasteiger partial charge in [-0.15, -0.1) is 0 Å². The van der Waals surface area contributed by atoms with Gasteiger partial charge in [0.25, 0.3) is 0 Å². The van der Waals surface area contributed by atoms with Crippen LogP contribution in [0.5, 0.6) is 0 Å². The van der Waals surface area contributed by atoms with Crippen LogP contribution < -0.4 is 5.32 Å². The van der Waals surface area contributed by atoms with Gasteiger partial charge in [-0.3, -0.25) is 0 Å². The third-order valence-electron chi connectivity index (χ3n) is 1.97. The molecule has 0 aliphatic heterocycles. The number of nitrogens with one attached hydrogen (secondary N) is 1. The lowest BCUT2D eigenvalue weighted by Crippen LogP contribution is -2.05. The summed E-state index contributed by atoms with van der Waals surface area (Å²) in [6.45, 7) is 0. The summed E-state index contributed by atoms with van der Waals surface area (Å²) >= 11 is 11.3. The molecule has 98 valence electrons. The molecule has 0 amide bonds. The molecule has 1 aromatic rings. The van der Waals surface area contributed by atoms with E-state index in [1.165, 1.54) is 0 Å². The second kappa shape index (κ2) is 5.83. The summed E-state index contributed by atoms with van der Waals surface area (Å²) in [5, 5.41) is 18.9. The van der Waals surface area contributed by atoms with Crippen molar-refractivity contribution in [1.82, 2.24) is 0 Å². The standard InChI is InChI=1S/C11H4Cl2F3N3/c12-8-1-7(11(14,15)16)2-9(13)10(8)19-5-6(3-17)4-18/h1-2,5,19H. The van der Waals surface area contributed by atoms with E-state index in [2.05, 4.69) is 5.32 Å². The Labute approximate surface area is 116 Å². The SMILES string of the molecule is N#CC(C#N)=CNc1c(Cl)cc(C(F)(F)F)cc1Cl. The van der Waals surface area contributed by atoms with Crippen molar-refractivity contribution in [3.8, 4) is 12.1 Å². The fraction of sp³-hybridized carbons (Fsp3) is 0.0909. The quantitative estimate of drug-likeness (QED) is 0.826. The lowest BCUT2D eigenvalue weighted by Gasteiger charge is -2.11. The molecule has 0 aromatic heterocycles. The molecule has 0 saturated carbocycles. The molecule has 0 spiro atoms. The summed E-state index contributed by atoms with van der Waals surface area (Å²) in [6, 6.07) is 4.53. The molecule has 1 aromatic carbocycles. The highest BCUT2D eigenvalue weighted by Gasteiger charge is 2.31. The van der Waals surface area contributed by atoms with Crippen molar-refractivity contribution in [1.29, 1.82) is 10.5 Å². The van der Waals surface area contributed by atoms with Crippen LogP contribution in [0.2, 0.25) is 10.0 Å². The molecule has 1 rings (SSSR count). The van der Waals surface area contributed by atoms with Crippen molar-refractivity contribution >= 4 is 28.9 Å². The van der Waals surface area contributed by atoms with Crippen molar-refractivity contribution in [2.45, 2.75) is 6.18 Å². The first kappa shape index (κ1) is 15.2. The van der Waals surface area contributed by atoms with Crippen LogP contribution in [-0.2, 0) is 6.18 Å². The third kappa shape index (κ3) is 3.78. The third-order valence-corrected chi connectivity index (χ3v) is 2.57. The predicted molar refractivity (Wildman–Crippen MR) is 64.4 cm³/mol. The summed E-state index contributed by atoms with van der Waals surface area (Å²) in [5.41, 5.74) is -1.27. The lowest BCUT2D eigenvalue weighted by atomic mass is 10.2. The molecular formula is C11H4Cl2F3N3. The van der Waals surface area contributed by atoms with Gasteiger partial charge < -0.3 is 5.32 Å². The van der Waals surface area contributed by atoms with Crippen molar-refractivity contribution < 1.29 is 13.2 Å². The highest BCUT2D eigenvalue weighted by Crippen LogP contribution is 2.38. The van der Waals surface area contributed by atoms with Gasteiger partial charge in [0.1, 0.15) is 17.7 Å². The van der Waals surface area contributed by atoms with Gasteiger partial charge >= 0.3 is 6.18 Å². The summed E-state index contributed by atoms with van der Waals surface area (Å²) in [7, 11) is 0. The summed E-state index contributed by atoms with van der Waals surface area (Å²) in [5.74, 6) is 0. The fourth-order valence-electron chi connectivity index (χ4n) is 1.11. The maximum atomic E-state index is 12.5. The number of nitrogens with zero attached hydrogens (tertiary/aromatic N) is 2. The number of hydrogen-bond acceptors (Lipinski definition) is 3. The van der Waals surface area contributed by atoms with Gasteiger partial charge in [-0.1, -0.05) is 23.2 Å². The van der Waals surface area contributed by atoms with Gasteiger partial charge in [0, 0.05) is 6.20 Å². The summed E-state index contributed by atoms with van der Waals surface area (Å²) < 4.78 is 37.4. The number of halogens is 5. The van der Waals surface area contributed by atoms with E-state index in [1.54, 1.807) is 12.1 Å². The molecule has 0 fully saturated rings. The number of allylic oxidation sites excluding steroid dienone is 1. The largest absolute Gasteiger partial charge is 0.416 e. The molecule has 0 radical (unpaired) electrons. The van der Waals surface area contributed by atoms with Gasteiger partial charge in [0.05, 0.1) is 21.3 Å². The molecule has 19 heavy (non-hydrogen) atoms. The van der Waals surface area contributed by atoms with Crippen molar-refractivity contribution in [2.24, 2.45) is 0 Å².